The summed E-state index contributed by atoms with van der Waals surface area (Å²) < 4.78 is 10.5. The second kappa shape index (κ2) is 6.24. The lowest BCUT2D eigenvalue weighted by Gasteiger charge is -2.05. The van der Waals surface area contributed by atoms with Crippen molar-refractivity contribution >= 4 is 17.7 Å². The predicted octanol–water partition coefficient (Wildman–Crippen LogP) is 3.27. The highest BCUT2D eigenvalue weighted by Crippen LogP contribution is 2.33. The number of ether oxygens (including phenoxy) is 2. The number of benzene rings is 2. The molecule has 1 heterocycles. The number of aryl methyl sites for hydroxylation is 1. The quantitative estimate of drug-likeness (QED) is 0.698. The van der Waals surface area contributed by atoms with E-state index in [4.69, 9.17) is 9.47 Å². The molecule has 0 atom stereocenters. The van der Waals surface area contributed by atoms with Crippen LogP contribution >= 0.6 is 0 Å². The van der Waals surface area contributed by atoms with Crippen LogP contribution in [0.1, 0.15) is 11.1 Å². The molecule has 0 bridgehead atoms. The molecule has 0 spiro atoms. The van der Waals surface area contributed by atoms with Gasteiger partial charge in [-0.25, -0.2) is 0 Å². The summed E-state index contributed by atoms with van der Waals surface area (Å²) in [5, 5.41) is 11.9. The number of nitriles is 1. The topological polar surface area (TPSA) is 71.4 Å². The summed E-state index contributed by atoms with van der Waals surface area (Å²) in [7, 11) is 0. The van der Waals surface area contributed by atoms with Crippen molar-refractivity contribution in [2.45, 2.75) is 6.92 Å². The first-order valence-electron chi connectivity index (χ1n) is 7.05. The monoisotopic (exact) mass is 306 g/mol. The minimum atomic E-state index is -0.450. The van der Waals surface area contributed by atoms with Crippen molar-refractivity contribution in [1.29, 1.82) is 5.26 Å². The van der Waals surface area contributed by atoms with Crippen LogP contribution in [0.5, 0.6) is 11.5 Å². The summed E-state index contributed by atoms with van der Waals surface area (Å²) in [4.78, 5) is 12.2. The fraction of sp³-hybridized carbons (Fsp3) is 0.111. The molecule has 0 saturated carbocycles. The molecular weight excluding hydrogens is 292 g/mol. The van der Waals surface area contributed by atoms with Gasteiger partial charge in [0.05, 0.1) is 0 Å². The molecular formula is C18H14N2O3. The number of hydrogen-bond donors (Lipinski definition) is 1. The number of nitrogens with one attached hydrogen (secondary N) is 1. The van der Waals surface area contributed by atoms with E-state index in [0.717, 1.165) is 5.56 Å². The molecule has 2 aromatic rings. The third-order valence-corrected chi connectivity index (χ3v) is 3.38. The lowest BCUT2D eigenvalue weighted by atomic mass is 10.1. The van der Waals surface area contributed by atoms with Crippen LogP contribution in [-0.2, 0) is 4.79 Å². The van der Waals surface area contributed by atoms with Gasteiger partial charge in [-0.3, -0.25) is 4.79 Å². The molecule has 1 N–H and O–H groups in total. The zero-order valence-corrected chi connectivity index (χ0v) is 12.5. The van der Waals surface area contributed by atoms with E-state index >= 15 is 0 Å². The normalized spacial score (nSPS) is 12.6. The zero-order valence-electron chi connectivity index (χ0n) is 12.5. The Balaban J connectivity index is 1.80. The van der Waals surface area contributed by atoms with Gasteiger partial charge in [-0.15, -0.1) is 0 Å². The van der Waals surface area contributed by atoms with E-state index < -0.39 is 5.91 Å². The maximum atomic E-state index is 12.2. The zero-order chi connectivity index (χ0) is 16.2. The van der Waals surface area contributed by atoms with Crippen LogP contribution in [0, 0.1) is 18.3 Å². The average Bonchev–Trinajstić information content (AvgIpc) is 3.02. The van der Waals surface area contributed by atoms with Gasteiger partial charge < -0.3 is 14.8 Å². The summed E-state index contributed by atoms with van der Waals surface area (Å²) in [5.74, 6) is 0.814. The van der Waals surface area contributed by atoms with Gasteiger partial charge in [-0.1, -0.05) is 23.8 Å². The number of anilines is 1. The number of rotatable bonds is 3. The van der Waals surface area contributed by atoms with Crippen LogP contribution in [0.4, 0.5) is 5.69 Å². The first-order chi connectivity index (χ1) is 11.2. The average molecular weight is 306 g/mol. The summed E-state index contributed by atoms with van der Waals surface area (Å²) in [6.07, 6.45) is 1.52. The molecule has 114 valence electrons. The molecule has 2 aromatic carbocycles. The number of hydrogen-bond acceptors (Lipinski definition) is 4. The van der Waals surface area contributed by atoms with Gasteiger partial charge in [0.15, 0.2) is 11.5 Å². The molecule has 0 radical (unpaired) electrons. The van der Waals surface area contributed by atoms with Crippen LogP contribution in [0.2, 0.25) is 0 Å². The van der Waals surface area contributed by atoms with Crippen LogP contribution in [0.3, 0.4) is 0 Å². The molecule has 23 heavy (non-hydrogen) atoms. The fourth-order valence-corrected chi connectivity index (χ4v) is 2.15. The van der Waals surface area contributed by atoms with Crippen molar-refractivity contribution in [1.82, 2.24) is 0 Å². The Morgan fingerprint density at radius 1 is 1.17 bits per heavy atom. The summed E-state index contributed by atoms with van der Waals surface area (Å²) in [6.45, 7) is 2.15. The Morgan fingerprint density at radius 3 is 2.65 bits per heavy atom. The third-order valence-electron chi connectivity index (χ3n) is 3.38. The van der Waals surface area contributed by atoms with E-state index in [1.54, 1.807) is 30.3 Å². The molecule has 0 aliphatic carbocycles. The number of carbonyl (C=O) groups is 1. The van der Waals surface area contributed by atoms with Crippen LogP contribution in [0.15, 0.2) is 48.0 Å². The second-order valence-corrected chi connectivity index (χ2v) is 5.10. The molecule has 1 amide bonds. The van der Waals surface area contributed by atoms with Crippen molar-refractivity contribution in [2.75, 3.05) is 12.1 Å². The highest BCUT2D eigenvalue weighted by Gasteiger charge is 2.14. The lowest BCUT2D eigenvalue weighted by Crippen LogP contribution is -2.13. The molecule has 1 aliphatic rings. The Hall–Kier alpha value is -3.26. The molecule has 0 aromatic heterocycles. The molecule has 0 fully saturated rings. The SMILES string of the molecule is Cc1ccc(NC(=O)/C(C#N)=C/c2ccc3c(c2)OCO3)cc1. The van der Waals surface area contributed by atoms with E-state index in [1.165, 1.54) is 6.08 Å². The number of amides is 1. The van der Waals surface area contributed by atoms with Crippen LogP contribution in [0.25, 0.3) is 6.08 Å². The van der Waals surface area contributed by atoms with Gasteiger partial charge in [0.2, 0.25) is 6.79 Å². The Morgan fingerprint density at radius 2 is 1.91 bits per heavy atom. The first kappa shape index (κ1) is 14.7. The van der Waals surface area contributed by atoms with Crippen molar-refractivity contribution < 1.29 is 14.3 Å². The predicted molar refractivity (Wildman–Crippen MR) is 86.0 cm³/mol. The molecule has 3 rings (SSSR count). The van der Waals surface area contributed by atoms with Crippen molar-refractivity contribution in [3.63, 3.8) is 0 Å². The van der Waals surface area contributed by atoms with Gasteiger partial charge in [0, 0.05) is 5.69 Å². The molecule has 1 aliphatic heterocycles. The lowest BCUT2D eigenvalue weighted by molar-refractivity contribution is -0.112. The molecule has 0 saturated heterocycles. The highest BCUT2D eigenvalue weighted by atomic mass is 16.7. The second-order valence-electron chi connectivity index (χ2n) is 5.10. The number of carbonyl (C=O) groups excluding carboxylic acids is 1. The van der Waals surface area contributed by atoms with E-state index in [1.807, 2.05) is 25.1 Å². The van der Waals surface area contributed by atoms with Crippen LogP contribution < -0.4 is 14.8 Å². The van der Waals surface area contributed by atoms with E-state index in [9.17, 15) is 10.1 Å². The van der Waals surface area contributed by atoms with Crippen molar-refractivity contribution in [3.05, 3.63) is 59.2 Å². The van der Waals surface area contributed by atoms with Gasteiger partial charge >= 0.3 is 0 Å². The number of fused-ring (bicyclic) bond motifs is 1. The maximum Gasteiger partial charge on any atom is 0.266 e. The smallest absolute Gasteiger partial charge is 0.266 e. The summed E-state index contributed by atoms with van der Waals surface area (Å²) >= 11 is 0. The van der Waals surface area contributed by atoms with Crippen molar-refractivity contribution in [2.24, 2.45) is 0 Å². The van der Waals surface area contributed by atoms with Gasteiger partial charge in [0.1, 0.15) is 11.6 Å². The Bertz CT molecular complexity index is 817. The first-order valence-corrected chi connectivity index (χ1v) is 7.05. The van der Waals surface area contributed by atoms with Gasteiger partial charge in [0.25, 0.3) is 5.91 Å². The highest BCUT2D eigenvalue weighted by molar-refractivity contribution is 6.09. The van der Waals surface area contributed by atoms with Crippen LogP contribution in [-0.4, -0.2) is 12.7 Å². The minimum Gasteiger partial charge on any atom is -0.454 e. The van der Waals surface area contributed by atoms with E-state index in [0.29, 0.717) is 22.7 Å². The third kappa shape index (κ3) is 3.33. The van der Waals surface area contributed by atoms with Gasteiger partial charge in [-0.2, -0.15) is 5.26 Å². The minimum absolute atomic E-state index is 0.0180. The Kier molecular flexibility index (Phi) is 3.98. The molecule has 0 unspecified atom stereocenters. The summed E-state index contributed by atoms with van der Waals surface area (Å²) in [5.41, 5.74) is 2.46. The maximum absolute atomic E-state index is 12.2. The fourth-order valence-electron chi connectivity index (χ4n) is 2.15. The number of nitrogens with zero attached hydrogens (tertiary/aromatic N) is 1. The standard InChI is InChI=1S/C18H14N2O3/c1-12-2-5-15(6-3-12)20-18(21)14(10-19)8-13-4-7-16-17(9-13)23-11-22-16/h2-9H,11H2,1H3,(H,20,21)/b14-8+. The van der Waals surface area contributed by atoms with Gasteiger partial charge in [-0.05, 0) is 42.8 Å². The largest absolute Gasteiger partial charge is 0.454 e. The van der Waals surface area contributed by atoms with E-state index in [-0.39, 0.29) is 12.4 Å². The van der Waals surface area contributed by atoms with Crippen molar-refractivity contribution in [3.8, 4) is 17.6 Å². The molecule has 5 heteroatoms. The molecule has 5 nitrogen and oxygen atoms in total. The van der Waals surface area contributed by atoms with E-state index in [2.05, 4.69) is 5.32 Å². The summed E-state index contributed by atoms with van der Waals surface area (Å²) in [6, 6.07) is 14.6. The Labute approximate surface area is 133 Å².